The lowest BCUT2D eigenvalue weighted by atomic mass is 10.2. The van der Waals surface area contributed by atoms with Crippen molar-refractivity contribution in [3.63, 3.8) is 0 Å². The van der Waals surface area contributed by atoms with Gasteiger partial charge in [0.15, 0.2) is 5.82 Å². The fourth-order valence-electron chi connectivity index (χ4n) is 3.14. The third-order valence-electron chi connectivity index (χ3n) is 4.55. The molecule has 2 aromatic rings. The molecule has 6 nitrogen and oxygen atoms in total. The number of amides is 1. The van der Waals surface area contributed by atoms with Crippen LogP contribution in [0.3, 0.4) is 0 Å². The van der Waals surface area contributed by atoms with Gasteiger partial charge in [0.25, 0.3) is 0 Å². The maximum Gasteiger partial charge on any atom is 0.226 e. The Labute approximate surface area is 152 Å². The van der Waals surface area contributed by atoms with Crippen molar-refractivity contribution in [2.24, 2.45) is 0 Å². The van der Waals surface area contributed by atoms with Crippen LogP contribution in [0.2, 0.25) is 0 Å². The molecule has 1 aliphatic rings. The van der Waals surface area contributed by atoms with Gasteiger partial charge in [-0.05, 0) is 44.1 Å². The summed E-state index contributed by atoms with van der Waals surface area (Å²) in [5.41, 5.74) is 1.13. The van der Waals surface area contributed by atoms with Crippen LogP contribution in [0.25, 0.3) is 0 Å². The highest BCUT2D eigenvalue weighted by atomic mass is 19.1. The van der Waals surface area contributed by atoms with Gasteiger partial charge < -0.3 is 14.7 Å². The molecular weight excluding hydrogens is 335 g/mol. The van der Waals surface area contributed by atoms with Gasteiger partial charge >= 0.3 is 0 Å². The molecule has 0 atom stereocenters. The molecule has 2 heterocycles. The number of nitrogens with zero attached hydrogens (tertiary/aromatic N) is 3. The van der Waals surface area contributed by atoms with Crippen molar-refractivity contribution in [3.8, 4) is 0 Å². The van der Waals surface area contributed by atoms with Gasteiger partial charge in [-0.25, -0.2) is 4.39 Å². The Hall–Kier alpha value is -2.25. The van der Waals surface area contributed by atoms with E-state index in [0.29, 0.717) is 18.0 Å². The first-order valence-electron chi connectivity index (χ1n) is 9.01. The molecule has 1 saturated heterocycles. The van der Waals surface area contributed by atoms with E-state index in [1.54, 1.807) is 13.0 Å². The van der Waals surface area contributed by atoms with Crippen molar-refractivity contribution < 1.29 is 13.7 Å². The first-order chi connectivity index (χ1) is 12.6. The molecule has 1 N–H and O–H groups in total. The number of rotatable bonds is 6. The number of hydrogen-bond acceptors (Lipinski definition) is 5. The number of carbonyl (C=O) groups excluding carboxylic acids is 1. The molecule has 26 heavy (non-hydrogen) atoms. The van der Waals surface area contributed by atoms with E-state index in [0.717, 1.165) is 51.3 Å². The molecular formula is C19H25FN4O2. The second kappa shape index (κ2) is 8.91. The monoisotopic (exact) mass is 360 g/mol. The highest BCUT2D eigenvalue weighted by molar-refractivity contribution is 5.89. The largest absolute Gasteiger partial charge is 0.360 e. The van der Waals surface area contributed by atoms with E-state index < -0.39 is 0 Å². The lowest BCUT2D eigenvalue weighted by Gasteiger charge is -2.21. The van der Waals surface area contributed by atoms with E-state index in [4.69, 9.17) is 4.52 Å². The molecule has 0 unspecified atom stereocenters. The summed E-state index contributed by atoms with van der Waals surface area (Å²) in [5.74, 6) is 0.892. The number of hydrogen-bond donors (Lipinski definition) is 1. The zero-order chi connectivity index (χ0) is 18.4. The van der Waals surface area contributed by atoms with E-state index in [9.17, 15) is 9.18 Å². The summed E-state index contributed by atoms with van der Waals surface area (Å²) < 4.78 is 18.0. The summed E-state index contributed by atoms with van der Waals surface area (Å²) in [4.78, 5) is 16.7. The van der Waals surface area contributed by atoms with Crippen LogP contribution in [0.5, 0.6) is 0 Å². The van der Waals surface area contributed by atoms with Crippen molar-refractivity contribution in [1.82, 2.24) is 15.0 Å². The molecule has 0 bridgehead atoms. The van der Waals surface area contributed by atoms with Gasteiger partial charge in [-0.1, -0.05) is 17.3 Å². The van der Waals surface area contributed by atoms with Crippen LogP contribution in [0, 0.1) is 12.7 Å². The fourth-order valence-corrected chi connectivity index (χ4v) is 3.14. The van der Waals surface area contributed by atoms with Gasteiger partial charge in [-0.15, -0.1) is 0 Å². The highest BCUT2D eigenvalue weighted by Gasteiger charge is 2.16. The zero-order valence-corrected chi connectivity index (χ0v) is 15.1. The molecule has 1 aromatic carbocycles. The normalized spacial score (nSPS) is 16.4. The van der Waals surface area contributed by atoms with Gasteiger partial charge in [-0.2, -0.15) is 0 Å². The molecule has 0 spiro atoms. The van der Waals surface area contributed by atoms with E-state index in [1.165, 1.54) is 12.1 Å². The van der Waals surface area contributed by atoms with E-state index >= 15 is 0 Å². The standard InChI is InChI=1S/C19H25FN4O2/c1-15-13-18(22-26-15)21-19(25)7-10-23-8-2-9-24(12-11-23)14-16-3-5-17(20)6-4-16/h3-6,13H,2,7-12,14H2,1H3,(H,21,22,25). The zero-order valence-electron chi connectivity index (χ0n) is 15.1. The summed E-state index contributed by atoms with van der Waals surface area (Å²) in [7, 11) is 0. The molecule has 1 amide bonds. The topological polar surface area (TPSA) is 61.6 Å². The van der Waals surface area contributed by atoms with Crippen molar-refractivity contribution in [3.05, 3.63) is 47.5 Å². The third kappa shape index (κ3) is 5.64. The van der Waals surface area contributed by atoms with Crippen LogP contribution in [0.15, 0.2) is 34.9 Å². The predicted octanol–water partition coefficient (Wildman–Crippen LogP) is 2.66. The number of halogens is 1. The van der Waals surface area contributed by atoms with Crippen LogP contribution in [0.4, 0.5) is 10.2 Å². The quantitative estimate of drug-likeness (QED) is 0.858. The summed E-state index contributed by atoms with van der Waals surface area (Å²) in [5, 5.41) is 6.52. The molecule has 3 rings (SSSR count). The third-order valence-corrected chi connectivity index (χ3v) is 4.55. The van der Waals surface area contributed by atoms with E-state index in [-0.39, 0.29) is 11.7 Å². The molecule has 0 saturated carbocycles. The SMILES string of the molecule is Cc1cc(NC(=O)CCN2CCCN(Cc3ccc(F)cc3)CC2)no1. The Morgan fingerprint density at radius 3 is 2.65 bits per heavy atom. The van der Waals surface area contributed by atoms with Crippen LogP contribution in [0.1, 0.15) is 24.2 Å². The minimum absolute atomic E-state index is 0.0503. The number of carbonyl (C=O) groups is 1. The number of aryl methyl sites for hydroxylation is 1. The van der Waals surface area contributed by atoms with Crippen LogP contribution < -0.4 is 5.32 Å². The van der Waals surface area contributed by atoms with Crippen molar-refractivity contribution in [2.45, 2.75) is 26.3 Å². The van der Waals surface area contributed by atoms with Crippen LogP contribution in [-0.2, 0) is 11.3 Å². The Bertz CT molecular complexity index is 717. The van der Waals surface area contributed by atoms with Crippen molar-refractivity contribution in [2.75, 3.05) is 38.0 Å². The smallest absolute Gasteiger partial charge is 0.226 e. The summed E-state index contributed by atoms with van der Waals surface area (Å²) in [6.07, 6.45) is 1.50. The average molecular weight is 360 g/mol. The molecule has 1 fully saturated rings. The minimum atomic E-state index is -0.199. The molecule has 0 radical (unpaired) electrons. The minimum Gasteiger partial charge on any atom is -0.360 e. The molecule has 0 aliphatic carbocycles. The molecule has 7 heteroatoms. The maximum atomic E-state index is 13.0. The number of anilines is 1. The van der Waals surface area contributed by atoms with Crippen molar-refractivity contribution >= 4 is 11.7 Å². The summed E-state index contributed by atoms with van der Waals surface area (Å²) in [6, 6.07) is 8.40. The summed E-state index contributed by atoms with van der Waals surface area (Å²) in [6.45, 7) is 7.22. The first kappa shape index (κ1) is 18.5. The number of nitrogens with one attached hydrogen (secondary N) is 1. The average Bonchev–Trinajstić information content (AvgIpc) is 2.89. The van der Waals surface area contributed by atoms with E-state index in [1.807, 2.05) is 12.1 Å². The number of aromatic nitrogens is 1. The molecule has 1 aliphatic heterocycles. The Morgan fingerprint density at radius 1 is 1.19 bits per heavy atom. The Balaban J connectivity index is 1.40. The van der Waals surface area contributed by atoms with Gasteiger partial charge in [0.2, 0.25) is 5.91 Å². The predicted molar refractivity (Wildman–Crippen MR) is 97.2 cm³/mol. The van der Waals surface area contributed by atoms with Crippen LogP contribution >= 0.6 is 0 Å². The van der Waals surface area contributed by atoms with Gasteiger partial charge in [-0.3, -0.25) is 9.69 Å². The van der Waals surface area contributed by atoms with Crippen LogP contribution in [-0.4, -0.2) is 53.6 Å². The Kier molecular flexibility index (Phi) is 6.35. The van der Waals surface area contributed by atoms with Gasteiger partial charge in [0.05, 0.1) is 0 Å². The Morgan fingerprint density at radius 2 is 1.92 bits per heavy atom. The first-order valence-corrected chi connectivity index (χ1v) is 9.01. The maximum absolute atomic E-state index is 13.0. The second-order valence-corrected chi connectivity index (χ2v) is 6.72. The second-order valence-electron chi connectivity index (χ2n) is 6.72. The highest BCUT2D eigenvalue weighted by Crippen LogP contribution is 2.11. The number of benzene rings is 1. The lowest BCUT2D eigenvalue weighted by Crippen LogP contribution is -2.32. The lowest BCUT2D eigenvalue weighted by molar-refractivity contribution is -0.116. The van der Waals surface area contributed by atoms with Gasteiger partial charge in [0, 0.05) is 38.7 Å². The fraction of sp³-hybridized carbons (Fsp3) is 0.474. The van der Waals surface area contributed by atoms with Crippen molar-refractivity contribution in [1.29, 1.82) is 0 Å². The van der Waals surface area contributed by atoms with E-state index in [2.05, 4.69) is 20.3 Å². The molecule has 140 valence electrons. The molecule has 1 aromatic heterocycles. The summed E-state index contributed by atoms with van der Waals surface area (Å²) >= 11 is 0. The van der Waals surface area contributed by atoms with Gasteiger partial charge in [0.1, 0.15) is 11.6 Å².